The highest BCUT2D eigenvalue weighted by Gasteiger charge is 2.22. The number of thiazole rings is 1. The zero-order chi connectivity index (χ0) is 21.0. The number of morpholine rings is 1. The van der Waals surface area contributed by atoms with Crippen molar-refractivity contribution < 1.29 is 38.0 Å². The van der Waals surface area contributed by atoms with Gasteiger partial charge in [-0.2, -0.15) is 0 Å². The van der Waals surface area contributed by atoms with Crippen LogP contribution >= 0.6 is 11.3 Å². The normalized spacial score (nSPS) is 14.8. The van der Waals surface area contributed by atoms with E-state index in [9.17, 15) is 0 Å². The van der Waals surface area contributed by atoms with Crippen molar-refractivity contribution in [2.24, 2.45) is 0 Å². The summed E-state index contributed by atoms with van der Waals surface area (Å²) in [6.07, 6.45) is 0. The van der Waals surface area contributed by atoms with Gasteiger partial charge in [-0.25, -0.2) is 23.2 Å². The van der Waals surface area contributed by atoms with Crippen molar-refractivity contribution in [3.8, 4) is 10.8 Å². The summed E-state index contributed by atoms with van der Waals surface area (Å²) < 4.78 is 47.8. The zero-order valence-electron chi connectivity index (χ0n) is 16.1. The number of rotatable bonds is 3. The fourth-order valence-electron chi connectivity index (χ4n) is 3.12. The first kappa shape index (κ1) is 21.9. The number of ether oxygens (including phenoxy) is 1. The van der Waals surface area contributed by atoms with Gasteiger partial charge in [-0.3, -0.25) is 0 Å². The number of anilines is 1. The molecule has 11 heteroatoms. The third-order valence-electron chi connectivity index (χ3n) is 4.51. The molecule has 9 nitrogen and oxygen atoms in total. The maximum Gasteiger partial charge on any atom is 0.382 e. The summed E-state index contributed by atoms with van der Waals surface area (Å²) in [7, 11) is -4.94. The van der Waals surface area contributed by atoms with E-state index >= 15 is 0 Å². The number of aromatic nitrogens is 1. The monoisotopic (exact) mass is 443 g/mol. The fourth-order valence-corrected chi connectivity index (χ4v) is 4.12. The molecule has 0 saturated carbocycles. The van der Waals surface area contributed by atoms with Crippen LogP contribution in [-0.2, 0) is 4.74 Å². The summed E-state index contributed by atoms with van der Waals surface area (Å²) in [6.45, 7) is 9.64. The Morgan fingerprint density at radius 1 is 1.10 bits per heavy atom. The van der Waals surface area contributed by atoms with Crippen LogP contribution in [0, 0.1) is 10.2 Å². The molecule has 3 aliphatic rings. The highest BCUT2D eigenvalue weighted by atomic mass is 35.7. The lowest BCUT2D eigenvalue weighted by Crippen LogP contribution is -2.68. The summed E-state index contributed by atoms with van der Waals surface area (Å²) in [5.41, 5.74) is 2.09. The molecule has 1 fully saturated rings. The number of nitrogens with zero attached hydrogens (tertiary/aromatic N) is 3. The van der Waals surface area contributed by atoms with Gasteiger partial charge in [0.2, 0.25) is 0 Å². The van der Waals surface area contributed by atoms with E-state index in [4.69, 9.17) is 32.8 Å². The molecule has 0 radical (unpaired) electrons. The van der Waals surface area contributed by atoms with Gasteiger partial charge in [0.15, 0.2) is 0 Å². The Balaban J connectivity index is 0.000000431. The Morgan fingerprint density at radius 2 is 1.76 bits per heavy atom. The molecular weight excluding hydrogens is 422 g/mol. The van der Waals surface area contributed by atoms with E-state index in [2.05, 4.69) is 47.6 Å². The molecule has 3 aliphatic heterocycles. The lowest BCUT2D eigenvalue weighted by Gasteiger charge is -2.20. The van der Waals surface area contributed by atoms with E-state index < -0.39 is 10.2 Å². The number of halogens is 1. The fraction of sp³-hybridized carbons (Fsp3) is 0.444. The molecule has 0 amide bonds. The second-order valence-electron chi connectivity index (χ2n) is 6.28. The summed E-state index contributed by atoms with van der Waals surface area (Å²) in [5, 5.41) is 1.12. The summed E-state index contributed by atoms with van der Waals surface area (Å²) in [6, 6.07) is 8.61. The molecule has 3 heterocycles. The van der Waals surface area contributed by atoms with E-state index in [-0.39, 0.29) is 0 Å². The molecule has 1 aromatic carbocycles. The average Bonchev–Trinajstić information content (AvgIpc) is 3.09. The topological polar surface area (TPSA) is 134 Å². The van der Waals surface area contributed by atoms with Crippen molar-refractivity contribution >= 4 is 28.0 Å². The number of hydrogen-bond donors (Lipinski definition) is 0. The molecule has 1 aromatic rings. The highest BCUT2D eigenvalue weighted by molar-refractivity contribution is 7.12. The standard InChI is InChI=1S/C18H22N3O2S.ClHO4/c1-3-20(4-2)14-6-5-13-11-16-17(23-15(13)12-14)19-18(24-16)21-7-9-22-10-8-21;2-1(3,4)5/h5-6,11-12H,3-4,7-10H2,1-2H3;(H,2,3,4,5)/q+1;/p-1. The second kappa shape index (κ2) is 9.35. The number of fused-ring (bicyclic) bond motifs is 2. The third kappa shape index (κ3) is 5.86. The van der Waals surface area contributed by atoms with Gasteiger partial charge >= 0.3 is 10.7 Å². The van der Waals surface area contributed by atoms with Gasteiger partial charge in [0, 0.05) is 35.2 Å². The molecule has 0 aliphatic carbocycles. The molecule has 29 heavy (non-hydrogen) atoms. The smallest absolute Gasteiger partial charge is 0.382 e. The van der Waals surface area contributed by atoms with Gasteiger partial charge in [0.05, 0.1) is 13.2 Å². The van der Waals surface area contributed by atoms with E-state index in [0.717, 1.165) is 65.9 Å². The summed E-state index contributed by atoms with van der Waals surface area (Å²) >= 11 is 1.69. The Bertz CT molecular complexity index is 981. The Labute approximate surface area is 173 Å². The van der Waals surface area contributed by atoms with Crippen LogP contribution in [0.3, 0.4) is 0 Å². The minimum atomic E-state index is -4.94. The van der Waals surface area contributed by atoms with Crippen LogP contribution in [0.2, 0.25) is 0 Å². The quantitative estimate of drug-likeness (QED) is 0.420. The first-order valence-corrected chi connectivity index (χ1v) is 11.2. The van der Waals surface area contributed by atoms with Crippen LogP contribution in [0.5, 0.6) is 0 Å². The molecule has 158 valence electrons. The van der Waals surface area contributed by atoms with Crippen molar-refractivity contribution in [2.75, 3.05) is 44.3 Å². The largest absolute Gasteiger partial charge is 0.419 e. The molecule has 0 atom stereocenters. The van der Waals surface area contributed by atoms with E-state index in [1.807, 2.05) is 0 Å². The maximum absolute atomic E-state index is 8.49. The van der Waals surface area contributed by atoms with Gasteiger partial charge in [-0.05, 0) is 43.4 Å². The van der Waals surface area contributed by atoms with Crippen molar-refractivity contribution in [1.82, 2.24) is 9.56 Å². The molecule has 4 rings (SSSR count). The van der Waals surface area contributed by atoms with Crippen LogP contribution in [0.4, 0.5) is 5.69 Å². The van der Waals surface area contributed by atoms with Gasteiger partial charge in [-0.1, -0.05) is 0 Å². The minimum absolute atomic E-state index is 0.727. The van der Waals surface area contributed by atoms with Gasteiger partial charge in [-0.15, -0.1) is 10.2 Å². The van der Waals surface area contributed by atoms with E-state index in [0.29, 0.717) is 0 Å². The maximum atomic E-state index is 8.49. The first-order chi connectivity index (χ1) is 13.8. The van der Waals surface area contributed by atoms with Crippen LogP contribution in [0.25, 0.3) is 21.7 Å². The van der Waals surface area contributed by atoms with Crippen molar-refractivity contribution in [2.45, 2.75) is 13.8 Å². The summed E-state index contributed by atoms with van der Waals surface area (Å²) in [5.74, 6) is 0.727. The second-order valence-corrected chi connectivity index (χ2v) is 8.05. The zero-order valence-corrected chi connectivity index (χ0v) is 17.7. The molecule has 0 unspecified atom stereocenters. The minimum Gasteiger partial charge on any atom is -0.419 e. The highest BCUT2D eigenvalue weighted by Crippen LogP contribution is 2.30. The van der Waals surface area contributed by atoms with Crippen LogP contribution in [0.1, 0.15) is 13.8 Å². The van der Waals surface area contributed by atoms with Crippen molar-refractivity contribution in [3.05, 3.63) is 29.1 Å². The average molecular weight is 444 g/mol. The van der Waals surface area contributed by atoms with Crippen LogP contribution < -0.4 is 32.9 Å². The number of hydrogen-bond acceptors (Lipinski definition) is 9. The lowest BCUT2D eigenvalue weighted by molar-refractivity contribution is -2.00. The van der Waals surface area contributed by atoms with Gasteiger partial charge < -0.3 is 14.1 Å². The van der Waals surface area contributed by atoms with Crippen molar-refractivity contribution in [3.63, 3.8) is 0 Å². The third-order valence-corrected chi connectivity index (χ3v) is 5.55. The predicted octanol–water partition coefficient (Wildman–Crippen LogP) is -2.11. The Morgan fingerprint density at radius 3 is 2.38 bits per heavy atom. The van der Waals surface area contributed by atoms with Crippen molar-refractivity contribution in [1.29, 1.82) is 0 Å². The molecule has 0 spiro atoms. The Kier molecular flexibility index (Phi) is 7.06. The number of benzene rings is 1. The van der Waals surface area contributed by atoms with E-state index in [1.165, 1.54) is 5.69 Å². The first-order valence-electron chi connectivity index (χ1n) is 9.15. The molecule has 0 aromatic heterocycles. The summed E-state index contributed by atoms with van der Waals surface area (Å²) in [4.78, 5) is 9.15. The van der Waals surface area contributed by atoms with E-state index in [1.54, 1.807) is 11.3 Å². The molecule has 1 saturated heterocycles. The molecule has 0 bridgehead atoms. The van der Waals surface area contributed by atoms with Crippen LogP contribution in [0.15, 0.2) is 28.7 Å². The Hall–Kier alpha value is -1.79. The van der Waals surface area contributed by atoms with Crippen LogP contribution in [-0.4, -0.2) is 44.4 Å². The molecular formula is C18H22ClN3O6S. The lowest BCUT2D eigenvalue weighted by atomic mass is 10.2. The van der Waals surface area contributed by atoms with Gasteiger partial charge in [0.1, 0.15) is 23.5 Å². The SMILES string of the molecule is CCN(CC)c1ccc2cc3sc(=[N+]4CCOCC4)nc-3oc2c1.[O-][Cl+3]([O-])([O-])[O-]. The molecule has 0 N–H and O–H groups in total. The van der Waals surface area contributed by atoms with Gasteiger partial charge in [0.25, 0.3) is 0 Å². The predicted molar refractivity (Wildman–Crippen MR) is 97.9 cm³/mol.